The molecule has 19 nitrogen and oxygen atoms in total. The summed E-state index contributed by atoms with van der Waals surface area (Å²) in [6.45, 7) is 3.90. The Morgan fingerprint density at radius 3 is 2.44 bits per heavy atom. The van der Waals surface area contributed by atoms with E-state index >= 15 is 0 Å². The van der Waals surface area contributed by atoms with E-state index in [0.717, 1.165) is 34.2 Å². The van der Waals surface area contributed by atoms with Crippen molar-refractivity contribution in [1.29, 1.82) is 0 Å². The highest BCUT2D eigenvalue weighted by Gasteiger charge is 2.49. The van der Waals surface area contributed by atoms with Crippen LogP contribution in [0, 0.1) is 22.5 Å². The number of cyclic esters (lactones) is 1. The number of fused-ring (bicyclic) bond motifs is 5. The molecular weight excluding hydrogens is 863 g/mol. The lowest BCUT2D eigenvalue weighted by Crippen LogP contribution is -2.61. The highest BCUT2D eigenvalue weighted by molar-refractivity contribution is 5.90. The van der Waals surface area contributed by atoms with Crippen LogP contribution >= 0.6 is 0 Å². The van der Waals surface area contributed by atoms with Crippen molar-refractivity contribution in [3.05, 3.63) is 126 Å². The lowest BCUT2D eigenvalue weighted by molar-refractivity contribution is -0.387. The van der Waals surface area contributed by atoms with Crippen LogP contribution < -0.4 is 15.0 Å². The largest absolute Gasteiger partial charge is 0.489 e. The van der Waals surface area contributed by atoms with Crippen LogP contribution in [0.5, 0.6) is 11.5 Å². The summed E-state index contributed by atoms with van der Waals surface area (Å²) in [7, 11) is 0. The second-order valence-corrected chi connectivity index (χ2v) is 16.1. The minimum atomic E-state index is -2.00. The number of benzene rings is 3. The first kappa shape index (κ1) is 45.4. The van der Waals surface area contributed by atoms with Gasteiger partial charge >= 0.3 is 23.6 Å². The number of aromatic nitrogens is 2. The molecule has 0 radical (unpaired) electrons. The van der Waals surface area contributed by atoms with E-state index in [-0.39, 0.29) is 61.3 Å². The number of aliphatic carboxylic acids is 1. The molecule has 7 atom stereocenters. The van der Waals surface area contributed by atoms with Gasteiger partial charge in [-0.05, 0) is 59.9 Å². The molecule has 0 amide bonds. The maximum Gasteiger partial charge on any atom is 0.343 e. The summed E-state index contributed by atoms with van der Waals surface area (Å²) >= 11 is 0. The quantitative estimate of drug-likeness (QED) is 0.0454. The molecule has 5 aromatic rings. The maximum atomic E-state index is 13.7. The van der Waals surface area contributed by atoms with Crippen LogP contribution in [0.15, 0.2) is 71.5 Å². The van der Waals surface area contributed by atoms with Gasteiger partial charge in [0.05, 0.1) is 46.8 Å². The first-order valence-electron chi connectivity index (χ1n) is 20.9. The summed E-state index contributed by atoms with van der Waals surface area (Å²) in [5.41, 5.74) is 2.75. The number of nitro benzene ring substituents is 1. The van der Waals surface area contributed by atoms with E-state index in [0.29, 0.717) is 34.6 Å². The second-order valence-electron chi connectivity index (χ2n) is 16.1. The number of aliphatic hydroxyl groups excluding tert-OH is 3. The Hall–Kier alpha value is -7.21. The Morgan fingerprint density at radius 1 is 1.02 bits per heavy atom. The summed E-state index contributed by atoms with van der Waals surface area (Å²) in [6.07, 6.45) is -5.09. The highest BCUT2D eigenvalue weighted by Crippen LogP contribution is 2.41. The fourth-order valence-corrected chi connectivity index (χ4v) is 8.51. The number of carboxylic acid groups (broad SMARTS) is 1. The van der Waals surface area contributed by atoms with E-state index in [1.165, 1.54) is 6.07 Å². The molecular formula is C47H43N3O16. The number of nitro groups is 1. The number of nitrogens with zero attached hydrogens (tertiary/aromatic N) is 3. The molecule has 2 aromatic heterocycles. The number of carbonyl (C=O) groups is 3. The molecule has 3 aromatic carbocycles. The number of rotatable bonds is 14. The first-order chi connectivity index (χ1) is 31.6. The molecule has 66 heavy (non-hydrogen) atoms. The fraction of sp³-hybridized carbons (Fsp3) is 0.340. The van der Waals surface area contributed by atoms with Crippen LogP contribution in [-0.2, 0) is 66.8 Å². The Labute approximate surface area is 374 Å². The zero-order valence-electron chi connectivity index (χ0n) is 35.4. The number of hydrogen-bond acceptors (Lipinski definition) is 16. The summed E-state index contributed by atoms with van der Waals surface area (Å²) < 4.78 is 29.1. The van der Waals surface area contributed by atoms with Crippen molar-refractivity contribution < 1.29 is 68.5 Å². The monoisotopic (exact) mass is 905 g/mol. The first-order valence-corrected chi connectivity index (χ1v) is 20.9. The third-order valence-corrected chi connectivity index (χ3v) is 12.1. The minimum absolute atomic E-state index is 0.0420. The molecule has 3 aliphatic rings. The third-order valence-electron chi connectivity index (χ3n) is 12.1. The molecule has 19 heteroatoms. The number of aliphatic hydroxyl groups is 4. The van der Waals surface area contributed by atoms with Crippen molar-refractivity contribution in [2.45, 2.75) is 102 Å². The van der Waals surface area contributed by atoms with E-state index in [1.807, 2.05) is 19.1 Å². The SMILES string of the molecule is C#CC[C@@H](OC(=O)Cc1ccc(COc2ccc3nc4c(c(CC)c3c2)Cn2c-4cc3c(c2=O)COC(=O)[C@]3(O)CC)cc1)c1ccc(O[C@H]2O[C@@H](C(=O)O)[C@H](O)[C@@H](O)[C@@H]2O)c([N+](=O)[O-])c1. The van der Waals surface area contributed by atoms with Crippen LogP contribution in [-0.4, -0.2) is 88.6 Å². The van der Waals surface area contributed by atoms with Gasteiger partial charge in [0.1, 0.15) is 43.4 Å². The van der Waals surface area contributed by atoms with Gasteiger partial charge in [0.2, 0.25) is 6.29 Å². The van der Waals surface area contributed by atoms with Gasteiger partial charge in [-0.25, -0.2) is 14.6 Å². The van der Waals surface area contributed by atoms with E-state index in [4.69, 9.17) is 35.1 Å². The van der Waals surface area contributed by atoms with E-state index in [2.05, 4.69) is 5.92 Å². The number of ether oxygens (including phenoxy) is 5. The van der Waals surface area contributed by atoms with Crippen molar-refractivity contribution in [2.24, 2.45) is 0 Å². The lowest BCUT2D eigenvalue weighted by atomic mass is 9.86. The molecule has 0 saturated carbocycles. The zero-order chi connectivity index (χ0) is 47.2. The number of carboxylic acids is 1. The summed E-state index contributed by atoms with van der Waals surface area (Å²) in [4.78, 5) is 67.1. The lowest BCUT2D eigenvalue weighted by Gasteiger charge is -2.38. The molecule has 1 fully saturated rings. The topological polar surface area (TPSA) is 277 Å². The van der Waals surface area contributed by atoms with Crippen LogP contribution in [0.1, 0.15) is 71.7 Å². The summed E-state index contributed by atoms with van der Waals surface area (Å²) in [5, 5.41) is 63.9. The van der Waals surface area contributed by atoms with E-state index in [9.17, 15) is 54.8 Å². The van der Waals surface area contributed by atoms with Gasteiger partial charge in [0.15, 0.2) is 17.5 Å². The Kier molecular flexibility index (Phi) is 12.4. The van der Waals surface area contributed by atoms with Gasteiger partial charge in [-0.1, -0.05) is 44.2 Å². The predicted octanol–water partition coefficient (Wildman–Crippen LogP) is 3.25. The van der Waals surface area contributed by atoms with Crippen LogP contribution in [0.25, 0.3) is 22.3 Å². The molecule has 0 unspecified atom stereocenters. The summed E-state index contributed by atoms with van der Waals surface area (Å²) in [5.74, 6) is -0.651. The van der Waals surface area contributed by atoms with Crippen molar-refractivity contribution >= 4 is 34.5 Å². The Balaban J connectivity index is 0.924. The molecule has 8 rings (SSSR count). The highest BCUT2D eigenvalue weighted by atomic mass is 16.7. The van der Waals surface area contributed by atoms with E-state index < -0.39 is 76.7 Å². The van der Waals surface area contributed by atoms with Crippen LogP contribution in [0.2, 0.25) is 0 Å². The standard InChI is InChI=1S/C47H43N3O16/c1-4-7-35(25-12-15-36(33(17-25)50(60)61)65-45-41(54)39(52)40(53)42(66-45)44(56)57)64-37(51)16-23-8-10-24(11-9-23)21-62-26-13-14-32-28(18-26)27(5-2)29-20-49-34(38(29)48-32)19-31-30(43(49)55)22-63-46(58)47(31,59)6-3/h1,8-15,17-19,35,39-42,45,52-54,59H,5-7,16,20-22H2,2-3H3,(H,56,57)/t35-,39-,40-,41+,42-,45+,47+/m1/s1. The van der Waals surface area contributed by atoms with Gasteiger partial charge in [0, 0.05) is 28.1 Å². The van der Waals surface area contributed by atoms with Crippen molar-refractivity contribution in [1.82, 2.24) is 9.55 Å². The van der Waals surface area contributed by atoms with Crippen molar-refractivity contribution in [3.8, 4) is 35.2 Å². The number of carbonyl (C=O) groups excluding carboxylic acids is 2. The molecule has 3 aliphatic heterocycles. The number of terminal acetylenes is 1. The number of pyridine rings is 2. The van der Waals surface area contributed by atoms with Crippen molar-refractivity contribution in [3.63, 3.8) is 0 Å². The number of hydrogen-bond donors (Lipinski definition) is 5. The van der Waals surface area contributed by atoms with Gasteiger partial charge in [0.25, 0.3) is 5.56 Å². The third kappa shape index (κ3) is 8.20. The van der Waals surface area contributed by atoms with Gasteiger partial charge < -0.3 is 53.8 Å². The Morgan fingerprint density at radius 2 is 1.76 bits per heavy atom. The molecule has 0 bridgehead atoms. The number of aryl methyl sites for hydroxylation is 1. The fourth-order valence-electron chi connectivity index (χ4n) is 8.51. The summed E-state index contributed by atoms with van der Waals surface area (Å²) in [6, 6.07) is 17.7. The van der Waals surface area contributed by atoms with Gasteiger partial charge in [-0.3, -0.25) is 19.7 Å². The van der Waals surface area contributed by atoms with Crippen LogP contribution in [0.3, 0.4) is 0 Å². The average Bonchev–Trinajstić information content (AvgIpc) is 3.67. The second kappa shape index (κ2) is 18.0. The molecule has 0 aliphatic carbocycles. The zero-order valence-corrected chi connectivity index (χ0v) is 35.4. The van der Waals surface area contributed by atoms with E-state index in [1.54, 1.807) is 47.9 Å². The molecule has 342 valence electrons. The van der Waals surface area contributed by atoms with Crippen molar-refractivity contribution in [2.75, 3.05) is 0 Å². The molecule has 0 spiro atoms. The molecule has 5 N–H and O–H groups in total. The Bertz CT molecular complexity index is 2890. The number of esters is 2. The predicted molar refractivity (Wildman–Crippen MR) is 229 cm³/mol. The molecule has 1 saturated heterocycles. The molecule has 5 heterocycles. The average molecular weight is 906 g/mol. The normalized spacial score (nSPS) is 22.3. The maximum absolute atomic E-state index is 13.7. The van der Waals surface area contributed by atoms with Gasteiger partial charge in [-0.2, -0.15) is 0 Å². The smallest absolute Gasteiger partial charge is 0.343 e. The van der Waals surface area contributed by atoms with Crippen LogP contribution in [0.4, 0.5) is 5.69 Å². The minimum Gasteiger partial charge on any atom is -0.489 e. The van der Waals surface area contributed by atoms with Gasteiger partial charge in [-0.15, -0.1) is 12.3 Å².